The van der Waals surface area contributed by atoms with Gasteiger partial charge in [0.2, 0.25) is 11.5 Å². The summed E-state index contributed by atoms with van der Waals surface area (Å²) in [6, 6.07) is 10.8. The lowest BCUT2D eigenvalue weighted by atomic mass is 9.98. The lowest BCUT2D eigenvalue weighted by molar-refractivity contribution is -0.144. The van der Waals surface area contributed by atoms with Crippen molar-refractivity contribution in [1.29, 1.82) is 0 Å². The first-order chi connectivity index (χ1) is 16.9. The molecule has 4 aromatic heterocycles. The van der Waals surface area contributed by atoms with Gasteiger partial charge >= 0.3 is 0 Å². The van der Waals surface area contributed by atoms with E-state index in [-0.39, 0.29) is 18.2 Å². The van der Waals surface area contributed by atoms with Crippen LogP contribution in [-0.2, 0) is 17.4 Å². The second kappa shape index (κ2) is 8.91. The highest BCUT2D eigenvalue weighted by molar-refractivity contribution is 5.87. The molecule has 0 saturated carbocycles. The molecule has 180 valence electrons. The summed E-state index contributed by atoms with van der Waals surface area (Å²) >= 11 is 0. The molecule has 2 N–H and O–H groups in total. The van der Waals surface area contributed by atoms with Crippen LogP contribution in [0, 0.1) is 0 Å². The number of hydrogen-bond donors (Lipinski definition) is 2. The van der Waals surface area contributed by atoms with Crippen LogP contribution < -0.4 is 5.32 Å². The molecule has 1 aliphatic rings. The maximum absolute atomic E-state index is 12.4. The number of nitrogens with zero attached hydrogens (tertiary/aromatic N) is 7. The molecule has 0 radical (unpaired) electrons. The van der Waals surface area contributed by atoms with E-state index >= 15 is 0 Å². The molecule has 11 nitrogen and oxygen atoms in total. The number of amides is 1. The summed E-state index contributed by atoms with van der Waals surface area (Å²) in [6.07, 6.45) is 4.65. The van der Waals surface area contributed by atoms with Gasteiger partial charge in [0.05, 0.1) is 28.8 Å². The molecule has 0 aromatic carbocycles. The second-order valence-corrected chi connectivity index (χ2v) is 8.61. The minimum absolute atomic E-state index is 0.0255. The Morgan fingerprint density at radius 1 is 1.14 bits per heavy atom. The molecule has 5 rings (SSSR count). The largest absolute Gasteiger partial charge is 0.373 e. The summed E-state index contributed by atoms with van der Waals surface area (Å²) in [5.41, 5.74) is 1.43. The van der Waals surface area contributed by atoms with E-state index in [0.29, 0.717) is 35.3 Å². The number of carbonyl (C=O) groups is 1. The van der Waals surface area contributed by atoms with Gasteiger partial charge in [-0.05, 0) is 30.7 Å². The summed E-state index contributed by atoms with van der Waals surface area (Å²) in [6.45, 7) is 2.52. The molecular weight excluding hydrogens is 448 g/mol. The molecule has 5 heterocycles. The number of aryl methyl sites for hydroxylation is 1. The lowest BCUT2D eigenvalue weighted by Gasteiger charge is -2.16. The van der Waals surface area contributed by atoms with Crippen molar-refractivity contribution in [2.45, 2.75) is 31.4 Å². The third kappa shape index (κ3) is 4.26. The van der Waals surface area contributed by atoms with E-state index in [1.54, 1.807) is 36.1 Å². The summed E-state index contributed by atoms with van der Waals surface area (Å²) in [7, 11) is 3.53. The molecule has 1 fully saturated rings. The van der Waals surface area contributed by atoms with Crippen LogP contribution in [0.15, 0.2) is 53.3 Å². The van der Waals surface area contributed by atoms with E-state index in [0.717, 1.165) is 12.1 Å². The van der Waals surface area contributed by atoms with Gasteiger partial charge < -0.3 is 19.8 Å². The van der Waals surface area contributed by atoms with Crippen LogP contribution in [0.3, 0.4) is 0 Å². The Morgan fingerprint density at radius 2 is 1.91 bits per heavy atom. The molecule has 2 atom stereocenters. The Balaban J connectivity index is 1.39. The topological polar surface area (TPSA) is 135 Å². The Hall–Kier alpha value is -4.12. The summed E-state index contributed by atoms with van der Waals surface area (Å²) in [5.74, 6) is 0.184. The molecule has 4 aromatic rings. The highest BCUT2D eigenvalue weighted by Crippen LogP contribution is 2.34. The van der Waals surface area contributed by atoms with Crippen molar-refractivity contribution < 1.29 is 14.4 Å². The zero-order valence-corrected chi connectivity index (χ0v) is 19.7. The predicted molar refractivity (Wildman–Crippen MR) is 127 cm³/mol. The summed E-state index contributed by atoms with van der Waals surface area (Å²) in [5, 5.41) is 22.7. The van der Waals surface area contributed by atoms with Gasteiger partial charge in [-0.2, -0.15) is 5.10 Å². The van der Waals surface area contributed by atoms with Gasteiger partial charge in [0, 0.05) is 45.5 Å². The van der Waals surface area contributed by atoms with E-state index in [2.05, 4.69) is 37.4 Å². The minimum Gasteiger partial charge on any atom is -0.373 e. The SMILES string of the molecule is CCC(Nc1nccc(-c2cccc(-c3cc(C4(O)CCN(C)C4=O)on3)n2)n1)c1ccn(C)n1. The monoisotopic (exact) mass is 474 g/mol. The average Bonchev–Trinajstić information content (AvgIpc) is 3.60. The van der Waals surface area contributed by atoms with Crippen molar-refractivity contribution in [2.24, 2.45) is 7.05 Å². The van der Waals surface area contributed by atoms with Crippen LogP contribution in [-0.4, -0.2) is 59.4 Å². The number of carbonyl (C=O) groups excluding carboxylic acids is 1. The Bertz CT molecular complexity index is 1370. The van der Waals surface area contributed by atoms with Gasteiger partial charge in [-0.3, -0.25) is 9.48 Å². The number of anilines is 1. The van der Waals surface area contributed by atoms with Crippen molar-refractivity contribution in [2.75, 3.05) is 18.9 Å². The fraction of sp³-hybridized carbons (Fsp3) is 0.333. The van der Waals surface area contributed by atoms with Gasteiger partial charge in [-0.1, -0.05) is 18.1 Å². The Kier molecular flexibility index (Phi) is 5.77. The fourth-order valence-corrected chi connectivity index (χ4v) is 4.12. The lowest BCUT2D eigenvalue weighted by Crippen LogP contribution is -2.35. The van der Waals surface area contributed by atoms with E-state index in [4.69, 9.17) is 4.52 Å². The Labute approximate surface area is 201 Å². The smallest absolute Gasteiger partial charge is 0.262 e. The molecule has 0 bridgehead atoms. The first kappa shape index (κ1) is 22.7. The van der Waals surface area contributed by atoms with E-state index in [1.807, 2.05) is 31.4 Å². The van der Waals surface area contributed by atoms with Crippen molar-refractivity contribution in [1.82, 2.24) is 34.8 Å². The predicted octanol–water partition coefficient (Wildman–Crippen LogP) is 2.54. The molecular formula is C24H26N8O3. The first-order valence-electron chi connectivity index (χ1n) is 11.4. The maximum atomic E-state index is 12.4. The number of pyridine rings is 1. The molecule has 35 heavy (non-hydrogen) atoms. The number of nitrogens with one attached hydrogen (secondary N) is 1. The molecule has 11 heteroatoms. The zero-order chi connectivity index (χ0) is 24.6. The molecule has 0 aliphatic carbocycles. The van der Waals surface area contributed by atoms with Crippen LogP contribution in [0.4, 0.5) is 5.95 Å². The Morgan fingerprint density at radius 3 is 2.60 bits per heavy atom. The van der Waals surface area contributed by atoms with Crippen molar-refractivity contribution in [3.05, 3.63) is 60.2 Å². The van der Waals surface area contributed by atoms with Crippen molar-refractivity contribution in [3.63, 3.8) is 0 Å². The van der Waals surface area contributed by atoms with Crippen LogP contribution in [0.25, 0.3) is 22.8 Å². The summed E-state index contributed by atoms with van der Waals surface area (Å²) in [4.78, 5) is 27.5. The third-order valence-electron chi connectivity index (χ3n) is 6.16. The number of likely N-dealkylation sites (tertiary alicyclic amines) is 1. The van der Waals surface area contributed by atoms with Crippen LogP contribution in [0.5, 0.6) is 0 Å². The number of aliphatic hydroxyl groups is 1. The van der Waals surface area contributed by atoms with Gasteiger partial charge in [-0.25, -0.2) is 15.0 Å². The molecule has 1 saturated heterocycles. The van der Waals surface area contributed by atoms with Gasteiger partial charge in [0.25, 0.3) is 5.91 Å². The van der Waals surface area contributed by atoms with Gasteiger partial charge in [-0.15, -0.1) is 0 Å². The average molecular weight is 475 g/mol. The standard InChI is InChI=1S/C24H26N8O3/c1-4-15(19-9-12-32(3)29-19)27-23-25-11-8-18(28-23)16-6-5-7-17(26-16)20-14-21(35-30-20)24(34)10-13-31(2)22(24)33/h5-9,11-12,14-15,34H,4,10,13H2,1-3H3,(H,25,27,28). The van der Waals surface area contributed by atoms with Gasteiger partial charge in [0.1, 0.15) is 5.69 Å². The number of aromatic nitrogens is 6. The minimum atomic E-state index is -1.70. The third-order valence-corrected chi connectivity index (χ3v) is 6.16. The van der Waals surface area contributed by atoms with Crippen LogP contribution >= 0.6 is 0 Å². The second-order valence-electron chi connectivity index (χ2n) is 8.61. The van der Waals surface area contributed by atoms with Crippen molar-refractivity contribution >= 4 is 11.9 Å². The normalized spacial score (nSPS) is 18.7. The van der Waals surface area contributed by atoms with Crippen molar-refractivity contribution in [3.8, 4) is 22.8 Å². The molecule has 1 amide bonds. The molecule has 2 unspecified atom stereocenters. The quantitative estimate of drug-likeness (QED) is 0.414. The highest BCUT2D eigenvalue weighted by atomic mass is 16.5. The zero-order valence-electron chi connectivity index (χ0n) is 19.7. The number of likely N-dealkylation sites (N-methyl/N-ethyl adjacent to an activating group) is 1. The summed E-state index contributed by atoms with van der Waals surface area (Å²) < 4.78 is 7.12. The van der Waals surface area contributed by atoms with E-state index < -0.39 is 11.5 Å². The number of rotatable bonds is 7. The van der Waals surface area contributed by atoms with E-state index in [1.165, 1.54) is 4.90 Å². The maximum Gasteiger partial charge on any atom is 0.262 e. The van der Waals surface area contributed by atoms with Crippen LogP contribution in [0.2, 0.25) is 0 Å². The molecule has 1 aliphatic heterocycles. The van der Waals surface area contributed by atoms with Crippen LogP contribution in [0.1, 0.15) is 37.3 Å². The molecule has 0 spiro atoms. The number of hydrogen-bond acceptors (Lipinski definition) is 9. The first-order valence-corrected chi connectivity index (χ1v) is 11.4. The highest BCUT2D eigenvalue weighted by Gasteiger charge is 2.48. The van der Waals surface area contributed by atoms with E-state index in [9.17, 15) is 9.90 Å². The van der Waals surface area contributed by atoms with Gasteiger partial charge in [0.15, 0.2) is 5.76 Å². The fourth-order valence-electron chi connectivity index (χ4n) is 4.12.